The molecule has 4 N–H and O–H groups in total. The molecule has 3 atom stereocenters. The van der Waals surface area contributed by atoms with Crippen LogP contribution in [0.5, 0.6) is 0 Å². The van der Waals surface area contributed by atoms with E-state index in [0.717, 1.165) is 11.8 Å². The smallest absolute Gasteiger partial charge is 0.279 e. The van der Waals surface area contributed by atoms with Crippen molar-refractivity contribution in [3.63, 3.8) is 0 Å². The van der Waals surface area contributed by atoms with Crippen molar-refractivity contribution in [2.75, 3.05) is 5.75 Å². The first kappa shape index (κ1) is 11.3. The Bertz CT molecular complexity index is 245. The van der Waals surface area contributed by atoms with Crippen molar-refractivity contribution in [2.45, 2.75) is 32.0 Å². The summed E-state index contributed by atoms with van der Waals surface area (Å²) < 4.78 is 0. The SMILES string of the molecule is CC(N)C(C)NC(=O)C1CSC(=O)N1. The molecule has 0 aromatic carbocycles. The average molecular weight is 217 g/mol. The van der Waals surface area contributed by atoms with Gasteiger partial charge in [-0.25, -0.2) is 0 Å². The molecule has 6 heteroatoms. The van der Waals surface area contributed by atoms with Crippen molar-refractivity contribution in [1.29, 1.82) is 0 Å². The van der Waals surface area contributed by atoms with Crippen molar-refractivity contribution in [3.05, 3.63) is 0 Å². The van der Waals surface area contributed by atoms with Crippen LogP contribution in [0.1, 0.15) is 13.8 Å². The van der Waals surface area contributed by atoms with Crippen LogP contribution in [0, 0.1) is 0 Å². The monoisotopic (exact) mass is 217 g/mol. The van der Waals surface area contributed by atoms with Crippen molar-refractivity contribution < 1.29 is 9.59 Å². The Kier molecular flexibility index (Phi) is 3.77. The van der Waals surface area contributed by atoms with Gasteiger partial charge in [0.15, 0.2) is 0 Å². The summed E-state index contributed by atoms with van der Waals surface area (Å²) in [6.45, 7) is 3.67. The fourth-order valence-electron chi connectivity index (χ4n) is 0.982. The van der Waals surface area contributed by atoms with E-state index < -0.39 is 6.04 Å². The molecule has 0 saturated carbocycles. The van der Waals surface area contributed by atoms with E-state index in [4.69, 9.17) is 5.73 Å². The van der Waals surface area contributed by atoms with Gasteiger partial charge in [0.1, 0.15) is 6.04 Å². The highest BCUT2D eigenvalue weighted by Crippen LogP contribution is 2.12. The third-order valence-corrected chi connectivity index (χ3v) is 3.03. The number of thioether (sulfide) groups is 1. The Hall–Kier alpha value is -0.750. The van der Waals surface area contributed by atoms with Crippen molar-refractivity contribution in [3.8, 4) is 0 Å². The standard InChI is InChI=1S/C8H15N3O2S/c1-4(9)5(2)10-7(12)6-3-14-8(13)11-6/h4-6H,3,9H2,1-2H3,(H,10,12)(H,11,13). The van der Waals surface area contributed by atoms with Crippen molar-refractivity contribution >= 4 is 22.9 Å². The van der Waals surface area contributed by atoms with Crippen LogP contribution in [0.3, 0.4) is 0 Å². The third-order valence-electron chi connectivity index (χ3n) is 2.15. The van der Waals surface area contributed by atoms with Crippen LogP contribution in [0.15, 0.2) is 0 Å². The molecular weight excluding hydrogens is 202 g/mol. The fourth-order valence-corrected chi connectivity index (χ4v) is 1.76. The number of carbonyl (C=O) groups is 2. The molecule has 1 heterocycles. The summed E-state index contributed by atoms with van der Waals surface area (Å²) in [4.78, 5) is 22.3. The summed E-state index contributed by atoms with van der Waals surface area (Å²) in [5.74, 6) is 0.337. The molecule has 1 aliphatic rings. The predicted octanol–water partition coefficient (Wildman–Crippen LogP) is -0.337. The van der Waals surface area contributed by atoms with E-state index in [1.807, 2.05) is 13.8 Å². The number of hydrogen-bond donors (Lipinski definition) is 3. The molecule has 1 aliphatic heterocycles. The Morgan fingerprint density at radius 2 is 2.36 bits per heavy atom. The summed E-state index contributed by atoms with van der Waals surface area (Å²) in [5, 5.41) is 5.18. The van der Waals surface area contributed by atoms with Crippen LogP contribution in [-0.2, 0) is 4.79 Å². The summed E-state index contributed by atoms with van der Waals surface area (Å²) in [6, 6.07) is -0.581. The van der Waals surface area contributed by atoms with Crippen LogP contribution in [0.4, 0.5) is 4.79 Å². The lowest BCUT2D eigenvalue weighted by Crippen LogP contribution is -2.50. The van der Waals surface area contributed by atoms with Gasteiger partial charge in [-0.2, -0.15) is 0 Å². The first-order chi connectivity index (χ1) is 6.50. The first-order valence-electron chi connectivity index (χ1n) is 4.50. The number of hydrogen-bond acceptors (Lipinski definition) is 4. The largest absolute Gasteiger partial charge is 0.350 e. The van der Waals surface area contributed by atoms with Gasteiger partial charge in [0.2, 0.25) is 5.91 Å². The fraction of sp³-hybridized carbons (Fsp3) is 0.750. The van der Waals surface area contributed by atoms with E-state index >= 15 is 0 Å². The molecule has 3 unspecified atom stereocenters. The maximum Gasteiger partial charge on any atom is 0.279 e. The van der Waals surface area contributed by atoms with Gasteiger partial charge >= 0.3 is 0 Å². The zero-order chi connectivity index (χ0) is 10.7. The predicted molar refractivity (Wildman–Crippen MR) is 56.0 cm³/mol. The van der Waals surface area contributed by atoms with Crippen LogP contribution >= 0.6 is 11.8 Å². The molecule has 0 spiro atoms. The van der Waals surface area contributed by atoms with Crippen molar-refractivity contribution in [1.82, 2.24) is 10.6 Å². The zero-order valence-corrected chi connectivity index (χ0v) is 9.06. The second-order valence-corrected chi connectivity index (χ2v) is 4.44. The van der Waals surface area contributed by atoms with E-state index in [9.17, 15) is 9.59 Å². The normalized spacial score (nSPS) is 25.4. The number of nitrogens with one attached hydrogen (secondary N) is 2. The first-order valence-corrected chi connectivity index (χ1v) is 5.48. The van der Waals surface area contributed by atoms with E-state index in [-0.39, 0.29) is 23.2 Å². The molecule has 0 aromatic heterocycles. The highest BCUT2D eigenvalue weighted by molar-refractivity contribution is 8.14. The van der Waals surface area contributed by atoms with Gasteiger partial charge < -0.3 is 16.4 Å². The second-order valence-electron chi connectivity index (χ2n) is 3.45. The maximum absolute atomic E-state index is 11.5. The third kappa shape index (κ3) is 2.88. The van der Waals surface area contributed by atoms with E-state index in [0.29, 0.717) is 5.75 Å². The molecule has 14 heavy (non-hydrogen) atoms. The van der Waals surface area contributed by atoms with Gasteiger partial charge in [0, 0.05) is 17.8 Å². The molecule has 2 amide bonds. The Labute approximate surface area is 87.2 Å². The minimum absolute atomic E-state index is 0.0787. The summed E-state index contributed by atoms with van der Waals surface area (Å²) in [6.07, 6.45) is 0. The van der Waals surface area contributed by atoms with Gasteiger partial charge in [0.05, 0.1) is 0 Å². The zero-order valence-electron chi connectivity index (χ0n) is 8.24. The molecule has 0 aromatic rings. The minimum Gasteiger partial charge on any atom is -0.350 e. The minimum atomic E-state index is -0.409. The van der Waals surface area contributed by atoms with Crippen molar-refractivity contribution in [2.24, 2.45) is 5.73 Å². The highest BCUT2D eigenvalue weighted by atomic mass is 32.2. The maximum atomic E-state index is 11.5. The van der Waals surface area contributed by atoms with E-state index in [1.54, 1.807) is 0 Å². The molecule has 0 aliphatic carbocycles. The van der Waals surface area contributed by atoms with Crippen LogP contribution < -0.4 is 16.4 Å². The Morgan fingerprint density at radius 1 is 1.71 bits per heavy atom. The van der Waals surface area contributed by atoms with Gasteiger partial charge in [-0.15, -0.1) is 0 Å². The molecule has 0 radical (unpaired) electrons. The van der Waals surface area contributed by atoms with Gasteiger partial charge in [-0.05, 0) is 13.8 Å². The topological polar surface area (TPSA) is 84.2 Å². The lowest BCUT2D eigenvalue weighted by Gasteiger charge is -2.19. The molecule has 1 saturated heterocycles. The van der Waals surface area contributed by atoms with Gasteiger partial charge in [0.25, 0.3) is 5.24 Å². The number of amides is 2. The molecule has 0 bridgehead atoms. The highest BCUT2D eigenvalue weighted by Gasteiger charge is 2.28. The van der Waals surface area contributed by atoms with E-state index in [2.05, 4.69) is 10.6 Å². The quantitative estimate of drug-likeness (QED) is 0.604. The number of rotatable bonds is 3. The molecule has 1 rings (SSSR count). The second kappa shape index (κ2) is 4.65. The summed E-state index contributed by atoms with van der Waals surface area (Å²) >= 11 is 1.13. The van der Waals surface area contributed by atoms with Crippen LogP contribution in [0.2, 0.25) is 0 Å². The molecule has 5 nitrogen and oxygen atoms in total. The Balaban J connectivity index is 2.39. The number of carbonyl (C=O) groups excluding carboxylic acids is 2. The number of nitrogens with two attached hydrogens (primary N) is 1. The summed E-state index contributed by atoms with van der Waals surface area (Å²) in [5.41, 5.74) is 5.60. The Morgan fingerprint density at radius 3 is 2.79 bits per heavy atom. The lowest BCUT2D eigenvalue weighted by atomic mass is 10.2. The van der Waals surface area contributed by atoms with Crippen LogP contribution in [-0.4, -0.2) is 35.0 Å². The summed E-state index contributed by atoms with van der Waals surface area (Å²) in [7, 11) is 0. The molecular formula is C8H15N3O2S. The van der Waals surface area contributed by atoms with Gasteiger partial charge in [-0.1, -0.05) is 11.8 Å². The molecule has 1 fully saturated rings. The van der Waals surface area contributed by atoms with E-state index in [1.165, 1.54) is 0 Å². The van der Waals surface area contributed by atoms with Gasteiger partial charge in [-0.3, -0.25) is 9.59 Å². The van der Waals surface area contributed by atoms with Crippen LogP contribution in [0.25, 0.3) is 0 Å². The molecule has 80 valence electrons. The average Bonchev–Trinajstić information content (AvgIpc) is 2.51. The lowest BCUT2D eigenvalue weighted by molar-refractivity contribution is -0.123.